The quantitative estimate of drug-likeness (QED) is 0.688. The highest BCUT2D eigenvalue weighted by molar-refractivity contribution is 6.31. The minimum absolute atomic E-state index is 0.0196. The Kier molecular flexibility index (Phi) is 3.56. The van der Waals surface area contributed by atoms with Crippen molar-refractivity contribution in [1.82, 2.24) is 4.98 Å². The van der Waals surface area contributed by atoms with Crippen LogP contribution in [0.2, 0.25) is 5.02 Å². The van der Waals surface area contributed by atoms with Gasteiger partial charge in [-0.1, -0.05) is 29.8 Å². The molecule has 0 saturated carbocycles. The number of fused-ring (bicyclic) bond motifs is 1. The number of amides is 1. The molecule has 0 fully saturated rings. The van der Waals surface area contributed by atoms with E-state index in [1.807, 2.05) is 24.3 Å². The molecule has 0 saturated heterocycles. The van der Waals surface area contributed by atoms with Crippen molar-refractivity contribution >= 4 is 40.1 Å². The first-order chi connectivity index (χ1) is 10.5. The second kappa shape index (κ2) is 5.54. The molecule has 6 heteroatoms. The standard InChI is InChI=1S/C16H11ClN2O3/c17-10-5-6-11(16(21)22)13(8-10)19-15(20)14-7-9-3-1-2-4-12(9)18-14/h1-8,18H,(H,19,20)(H,21,22). The van der Waals surface area contributed by atoms with E-state index in [-0.39, 0.29) is 11.3 Å². The minimum Gasteiger partial charge on any atom is -0.478 e. The number of carboxylic acids is 1. The van der Waals surface area contributed by atoms with Gasteiger partial charge in [0.25, 0.3) is 5.91 Å². The summed E-state index contributed by atoms with van der Waals surface area (Å²) in [5.41, 5.74) is 1.31. The zero-order valence-corrected chi connectivity index (χ0v) is 12.0. The first-order valence-corrected chi connectivity index (χ1v) is 6.84. The molecule has 0 bridgehead atoms. The zero-order chi connectivity index (χ0) is 15.7. The van der Waals surface area contributed by atoms with E-state index >= 15 is 0 Å². The third-order valence-corrected chi connectivity index (χ3v) is 3.47. The average molecular weight is 315 g/mol. The first-order valence-electron chi connectivity index (χ1n) is 6.46. The van der Waals surface area contributed by atoms with Crippen LogP contribution in [-0.2, 0) is 0 Å². The third kappa shape index (κ3) is 2.66. The lowest BCUT2D eigenvalue weighted by Gasteiger charge is -2.08. The Morgan fingerprint density at radius 1 is 1.09 bits per heavy atom. The van der Waals surface area contributed by atoms with Gasteiger partial charge in [0, 0.05) is 15.9 Å². The number of para-hydroxylation sites is 1. The van der Waals surface area contributed by atoms with Gasteiger partial charge < -0.3 is 15.4 Å². The Hall–Kier alpha value is -2.79. The number of carbonyl (C=O) groups excluding carboxylic acids is 1. The van der Waals surface area contributed by atoms with Crippen LogP contribution in [0.15, 0.2) is 48.5 Å². The predicted octanol–water partition coefficient (Wildman–Crippen LogP) is 3.77. The molecule has 110 valence electrons. The Labute approximate surface area is 130 Å². The molecule has 0 unspecified atom stereocenters. The minimum atomic E-state index is -1.14. The van der Waals surface area contributed by atoms with Crippen LogP contribution in [0, 0.1) is 0 Å². The van der Waals surface area contributed by atoms with Crippen molar-refractivity contribution in [1.29, 1.82) is 0 Å². The van der Waals surface area contributed by atoms with Gasteiger partial charge >= 0.3 is 5.97 Å². The number of anilines is 1. The number of hydrogen-bond acceptors (Lipinski definition) is 2. The van der Waals surface area contributed by atoms with Crippen molar-refractivity contribution in [2.45, 2.75) is 0 Å². The molecule has 0 radical (unpaired) electrons. The SMILES string of the molecule is O=C(Nc1cc(Cl)ccc1C(=O)O)c1cc2ccccc2[nH]1. The van der Waals surface area contributed by atoms with Crippen LogP contribution in [0.1, 0.15) is 20.8 Å². The smallest absolute Gasteiger partial charge is 0.337 e. The highest BCUT2D eigenvalue weighted by Crippen LogP contribution is 2.22. The van der Waals surface area contributed by atoms with Crippen LogP contribution in [0.25, 0.3) is 10.9 Å². The van der Waals surface area contributed by atoms with E-state index in [1.54, 1.807) is 6.07 Å². The molecule has 1 heterocycles. The van der Waals surface area contributed by atoms with Crippen LogP contribution in [0.4, 0.5) is 5.69 Å². The van der Waals surface area contributed by atoms with E-state index in [4.69, 9.17) is 16.7 Å². The number of aromatic amines is 1. The number of carboxylic acid groups (broad SMARTS) is 1. The molecule has 1 aromatic heterocycles. The molecule has 3 rings (SSSR count). The predicted molar refractivity (Wildman–Crippen MR) is 84.7 cm³/mol. The molecule has 3 aromatic rings. The normalized spacial score (nSPS) is 10.6. The number of nitrogens with one attached hydrogen (secondary N) is 2. The van der Waals surface area contributed by atoms with E-state index < -0.39 is 11.9 Å². The summed E-state index contributed by atoms with van der Waals surface area (Å²) in [6.45, 7) is 0. The summed E-state index contributed by atoms with van der Waals surface area (Å²) in [5.74, 6) is -1.57. The summed E-state index contributed by atoms with van der Waals surface area (Å²) in [7, 11) is 0. The van der Waals surface area contributed by atoms with Gasteiger partial charge in [-0.2, -0.15) is 0 Å². The van der Waals surface area contributed by atoms with Gasteiger partial charge in [0.15, 0.2) is 0 Å². The van der Waals surface area contributed by atoms with Crippen LogP contribution in [0.5, 0.6) is 0 Å². The van der Waals surface area contributed by atoms with Gasteiger partial charge in [0.1, 0.15) is 5.69 Å². The summed E-state index contributed by atoms with van der Waals surface area (Å²) >= 11 is 5.86. The monoisotopic (exact) mass is 314 g/mol. The second-order valence-electron chi connectivity index (χ2n) is 4.72. The fourth-order valence-electron chi connectivity index (χ4n) is 2.19. The number of aromatic carboxylic acids is 1. The Bertz CT molecular complexity index is 853. The molecule has 1 amide bonds. The second-order valence-corrected chi connectivity index (χ2v) is 5.16. The maximum atomic E-state index is 12.3. The van der Waals surface area contributed by atoms with Gasteiger partial charge in [0.05, 0.1) is 11.3 Å². The van der Waals surface area contributed by atoms with Gasteiger partial charge in [-0.3, -0.25) is 4.79 Å². The third-order valence-electron chi connectivity index (χ3n) is 3.23. The van der Waals surface area contributed by atoms with Crippen molar-refractivity contribution in [2.24, 2.45) is 0 Å². The number of hydrogen-bond donors (Lipinski definition) is 3. The number of carbonyl (C=O) groups is 2. The largest absolute Gasteiger partial charge is 0.478 e. The number of aromatic nitrogens is 1. The molecule has 0 aliphatic heterocycles. The molecule has 22 heavy (non-hydrogen) atoms. The molecule has 5 nitrogen and oxygen atoms in total. The van der Waals surface area contributed by atoms with E-state index in [2.05, 4.69) is 10.3 Å². The Morgan fingerprint density at radius 3 is 2.59 bits per heavy atom. The molecular formula is C16H11ClN2O3. The summed E-state index contributed by atoms with van der Waals surface area (Å²) in [6, 6.07) is 13.4. The maximum Gasteiger partial charge on any atom is 0.337 e. The summed E-state index contributed by atoms with van der Waals surface area (Å²) < 4.78 is 0. The molecule has 2 aromatic carbocycles. The summed E-state index contributed by atoms with van der Waals surface area (Å²) in [5, 5.41) is 13.0. The molecule has 0 spiro atoms. The lowest BCUT2D eigenvalue weighted by molar-refractivity contribution is 0.0698. The first kappa shape index (κ1) is 14.2. The van der Waals surface area contributed by atoms with Crippen LogP contribution >= 0.6 is 11.6 Å². The van der Waals surface area contributed by atoms with Crippen LogP contribution in [-0.4, -0.2) is 22.0 Å². The van der Waals surface area contributed by atoms with Crippen molar-refractivity contribution in [3.8, 4) is 0 Å². The molecular weight excluding hydrogens is 304 g/mol. The summed E-state index contributed by atoms with van der Waals surface area (Å²) in [6.07, 6.45) is 0. The average Bonchev–Trinajstić information content (AvgIpc) is 2.91. The van der Waals surface area contributed by atoms with Gasteiger partial charge in [-0.15, -0.1) is 0 Å². The molecule has 0 aliphatic carbocycles. The molecule has 3 N–H and O–H groups in total. The van der Waals surface area contributed by atoms with Crippen LogP contribution in [0.3, 0.4) is 0 Å². The molecule has 0 atom stereocenters. The van der Waals surface area contributed by atoms with Crippen molar-refractivity contribution in [2.75, 3.05) is 5.32 Å². The van der Waals surface area contributed by atoms with E-state index in [0.29, 0.717) is 10.7 Å². The maximum absolute atomic E-state index is 12.3. The van der Waals surface area contributed by atoms with Crippen molar-refractivity contribution < 1.29 is 14.7 Å². The Balaban J connectivity index is 1.94. The highest BCUT2D eigenvalue weighted by Gasteiger charge is 2.15. The van der Waals surface area contributed by atoms with E-state index in [0.717, 1.165) is 10.9 Å². The van der Waals surface area contributed by atoms with E-state index in [9.17, 15) is 9.59 Å². The van der Waals surface area contributed by atoms with E-state index in [1.165, 1.54) is 18.2 Å². The number of halogens is 1. The molecule has 0 aliphatic rings. The van der Waals surface area contributed by atoms with Crippen molar-refractivity contribution in [3.05, 3.63) is 64.8 Å². The fourth-order valence-corrected chi connectivity index (χ4v) is 2.36. The van der Waals surface area contributed by atoms with Crippen molar-refractivity contribution in [3.63, 3.8) is 0 Å². The van der Waals surface area contributed by atoms with Gasteiger partial charge in [0.2, 0.25) is 0 Å². The van der Waals surface area contributed by atoms with Gasteiger partial charge in [-0.05, 0) is 30.3 Å². The summed E-state index contributed by atoms with van der Waals surface area (Å²) in [4.78, 5) is 26.5. The zero-order valence-electron chi connectivity index (χ0n) is 11.3. The number of benzene rings is 2. The number of rotatable bonds is 3. The lowest BCUT2D eigenvalue weighted by atomic mass is 10.1. The fraction of sp³-hybridized carbons (Fsp3) is 0. The van der Waals surface area contributed by atoms with Gasteiger partial charge in [-0.25, -0.2) is 4.79 Å². The van der Waals surface area contributed by atoms with Crippen LogP contribution < -0.4 is 5.32 Å². The Morgan fingerprint density at radius 2 is 1.86 bits per heavy atom. The highest BCUT2D eigenvalue weighted by atomic mass is 35.5. The number of H-pyrrole nitrogens is 1. The lowest BCUT2D eigenvalue weighted by Crippen LogP contribution is -2.15. The topological polar surface area (TPSA) is 82.2 Å².